The summed E-state index contributed by atoms with van der Waals surface area (Å²) in [6.45, 7) is 2.98. The highest BCUT2D eigenvalue weighted by atomic mass is 16.5. The van der Waals surface area contributed by atoms with Crippen LogP contribution >= 0.6 is 0 Å². The molecule has 1 saturated carbocycles. The van der Waals surface area contributed by atoms with Gasteiger partial charge in [-0.2, -0.15) is 0 Å². The molecule has 3 N–H and O–H groups in total. The molecule has 0 aromatic heterocycles. The van der Waals surface area contributed by atoms with Crippen LogP contribution in [0.4, 0.5) is 5.69 Å². The van der Waals surface area contributed by atoms with Gasteiger partial charge in [-0.15, -0.1) is 0 Å². The van der Waals surface area contributed by atoms with Crippen molar-refractivity contribution < 1.29 is 9.53 Å². The van der Waals surface area contributed by atoms with Crippen molar-refractivity contribution in [3.05, 3.63) is 23.8 Å². The van der Waals surface area contributed by atoms with Gasteiger partial charge in [0.15, 0.2) is 0 Å². The molecule has 0 spiro atoms. The SMILES string of the molecule is COc1cccc(N)c1C(=O)NCC1CCN(C2CC2)C1. The highest BCUT2D eigenvalue weighted by molar-refractivity contribution is 6.01. The predicted molar refractivity (Wildman–Crippen MR) is 82.4 cm³/mol. The van der Waals surface area contributed by atoms with Gasteiger partial charge in [0.1, 0.15) is 11.3 Å². The van der Waals surface area contributed by atoms with E-state index in [9.17, 15) is 4.79 Å². The summed E-state index contributed by atoms with van der Waals surface area (Å²) in [7, 11) is 1.55. The van der Waals surface area contributed by atoms with Crippen LogP contribution in [-0.2, 0) is 0 Å². The molecule has 1 saturated heterocycles. The van der Waals surface area contributed by atoms with Crippen molar-refractivity contribution in [2.75, 3.05) is 32.5 Å². The standard InChI is InChI=1S/C16H23N3O2/c1-21-14-4-2-3-13(17)15(14)16(20)18-9-11-7-8-19(10-11)12-5-6-12/h2-4,11-12H,5-10,17H2,1H3,(H,18,20). The molecule has 5 nitrogen and oxygen atoms in total. The number of carbonyl (C=O) groups excluding carboxylic acids is 1. The fourth-order valence-corrected chi connectivity index (χ4v) is 3.09. The Morgan fingerprint density at radius 3 is 2.95 bits per heavy atom. The van der Waals surface area contributed by atoms with E-state index in [2.05, 4.69) is 10.2 Å². The molecular formula is C16H23N3O2. The van der Waals surface area contributed by atoms with Gasteiger partial charge < -0.3 is 20.7 Å². The number of hydrogen-bond donors (Lipinski definition) is 2. The second-order valence-electron chi connectivity index (χ2n) is 6.02. The van der Waals surface area contributed by atoms with Gasteiger partial charge in [-0.25, -0.2) is 0 Å². The van der Waals surface area contributed by atoms with E-state index in [0.29, 0.717) is 29.5 Å². The number of nitrogen functional groups attached to an aromatic ring is 1. The van der Waals surface area contributed by atoms with E-state index < -0.39 is 0 Å². The number of rotatable bonds is 5. The molecule has 2 fully saturated rings. The van der Waals surface area contributed by atoms with Gasteiger partial charge in [-0.1, -0.05) is 6.07 Å². The van der Waals surface area contributed by atoms with Gasteiger partial charge in [0, 0.05) is 24.8 Å². The molecule has 1 aromatic rings. The third-order valence-electron chi connectivity index (χ3n) is 4.44. The number of benzene rings is 1. The minimum atomic E-state index is -0.144. The number of methoxy groups -OCH3 is 1. The number of hydrogen-bond acceptors (Lipinski definition) is 4. The molecule has 1 unspecified atom stereocenters. The largest absolute Gasteiger partial charge is 0.496 e. The molecule has 1 aliphatic carbocycles. The molecule has 1 aliphatic heterocycles. The van der Waals surface area contributed by atoms with Crippen molar-refractivity contribution in [3.63, 3.8) is 0 Å². The van der Waals surface area contributed by atoms with E-state index >= 15 is 0 Å². The van der Waals surface area contributed by atoms with Gasteiger partial charge in [-0.3, -0.25) is 4.79 Å². The number of anilines is 1. The number of nitrogens with two attached hydrogens (primary N) is 1. The topological polar surface area (TPSA) is 67.6 Å². The minimum Gasteiger partial charge on any atom is -0.496 e. The summed E-state index contributed by atoms with van der Waals surface area (Å²) in [6, 6.07) is 6.09. The molecular weight excluding hydrogens is 266 g/mol. The number of carbonyl (C=O) groups is 1. The second kappa shape index (κ2) is 5.93. The highest BCUT2D eigenvalue weighted by Gasteiger charge is 2.34. The number of ether oxygens (including phenoxy) is 1. The van der Waals surface area contributed by atoms with Crippen LogP contribution < -0.4 is 15.8 Å². The Hall–Kier alpha value is -1.75. The third-order valence-corrected chi connectivity index (χ3v) is 4.44. The van der Waals surface area contributed by atoms with E-state index in [-0.39, 0.29) is 5.91 Å². The van der Waals surface area contributed by atoms with Crippen molar-refractivity contribution in [2.24, 2.45) is 5.92 Å². The average Bonchev–Trinajstić information content (AvgIpc) is 3.23. The first-order valence-corrected chi connectivity index (χ1v) is 7.63. The third kappa shape index (κ3) is 3.13. The number of amides is 1. The molecule has 1 atom stereocenters. The van der Waals surface area contributed by atoms with Crippen LogP contribution in [-0.4, -0.2) is 43.6 Å². The molecule has 2 aliphatic rings. The first kappa shape index (κ1) is 14.2. The van der Waals surface area contributed by atoms with E-state index in [1.165, 1.54) is 19.4 Å². The molecule has 21 heavy (non-hydrogen) atoms. The van der Waals surface area contributed by atoms with Crippen molar-refractivity contribution in [3.8, 4) is 5.75 Å². The van der Waals surface area contributed by atoms with Crippen LogP contribution in [0, 0.1) is 5.92 Å². The van der Waals surface area contributed by atoms with Crippen LogP contribution in [0.2, 0.25) is 0 Å². The maximum atomic E-state index is 12.3. The van der Waals surface area contributed by atoms with Crippen molar-refractivity contribution in [1.82, 2.24) is 10.2 Å². The Balaban J connectivity index is 1.57. The van der Waals surface area contributed by atoms with Gasteiger partial charge in [0.25, 0.3) is 5.91 Å². The summed E-state index contributed by atoms with van der Waals surface area (Å²) in [5.74, 6) is 0.929. The van der Waals surface area contributed by atoms with Crippen molar-refractivity contribution in [2.45, 2.75) is 25.3 Å². The molecule has 5 heteroatoms. The van der Waals surface area contributed by atoms with Crippen LogP contribution in [0.15, 0.2) is 18.2 Å². The number of nitrogens with one attached hydrogen (secondary N) is 1. The molecule has 1 heterocycles. The average molecular weight is 289 g/mol. The zero-order valence-electron chi connectivity index (χ0n) is 12.5. The Morgan fingerprint density at radius 1 is 1.43 bits per heavy atom. The lowest BCUT2D eigenvalue weighted by Crippen LogP contribution is -2.32. The van der Waals surface area contributed by atoms with Gasteiger partial charge >= 0.3 is 0 Å². The summed E-state index contributed by atoms with van der Waals surface area (Å²) >= 11 is 0. The second-order valence-corrected chi connectivity index (χ2v) is 6.02. The zero-order valence-corrected chi connectivity index (χ0v) is 12.5. The van der Waals surface area contributed by atoms with Crippen LogP contribution in [0.5, 0.6) is 5.75 Å². The zero-order chi connectivity index (χ0) is 14.8. The summed E-state index contributed by atoms with van der Waals surface area (Å²) in [6.07, 6.45) is 3.85. The van der Waals surface area contributed by atoms with Gasteiger partial charge in [0.05, 0.1) is 7.11 Å². The Morgan fingerprint density at radius 2 is 2.24 bits per heavy atom. The van der Waals surface area contributed by atoms with Gasteiger partial charge in [0.2, 0.25) is 0 Å². The Kier molecular flexibility index (Phi) is 4.01. The molecule has 1 amide bonds. The van der Waals surface area contributed by atoms with E-state index in [4.69, 9.17) is 10.5 Å². The first-order valence-electron chi connectivity index (χ1n) is 7.63. The maximum absolute atomic E-state index is 12.3. The molecule has 114 valence electrons. The summed E-state index contributed by atoms with van der Waals surface area (Å²) in [4.78, 5) is 14.9. The van der Waals surface area contributed by atoms with Crippen molar-refractivity contribution in [1.29, 1.82) is 0 Å². The fourth-order valence-electron chi connectivity index (χ4n) is 3.09. The highest BCUT2D eigenvalue weighted by Crippen LogP contribution is 2.31. The van der Waals surface area contributed by atoms with Crippen LogP contribution in [0.1, 0.15) is 29.6 Å². The monoisotopic (exact) mass is 289 g/mol. The Bertz CT molecular complexity index is 528. The number of likely N-dealkylation sites (tertiary alicyclic amines) is 1. The molecule has 0 bridgehead atoms. The smallest absolute Gasteiger partial charge is 0.257 e. The van der Waals surface area contributed by atoms with Crippen LogP contribution in [0.3, 0.4) is 0 Å². The van der Waals surface area contributed by atoms with Crippen LogP contribution in [0.25, 0.3) is 0 Å². The summed E-state index contributed by atoms with van der Waals surface area (Å²) in [5, 5.41) is 3.01. The van der Waals surface area contributed by atoms with E-state index in [1.807, 2.05) is 0 Å². The predicted octanol–water partition coefficient (Wildman–Crippen LogP) is 1.49. The lowest BCUT2D eigenvalue weighted by atomic mass is 10.1. The Labute approximate surface area is 125 Å². The number of nitrogens with zero attached hydrogens (tertiary/aromatic N) is 1. The lowest BCUT2D eigenvalue weighted by molar-refractivity contribution is 0.0945. The van der Waals surface area contributed by atoms with Gasteiger partial charge in [-0.05, 0) is 43.9 Å². The summed E-state index contributed by atoms with van der Waals surface area (Å²) in [5.41, 5.74) is 6.80. The minimum absolute atomic E-state index is 0.144. The molecule has 3 rings (SSSR count). The molecule has 1 aromatic carbocycles. The summed E-state index contributed by atoms with van der Waals surface area (Å²) < 4.78 is 5.23. The quantitative estimate of drug-likeness (QED) is 0.806. The van der Waals surface area contributed by atoms with Crippen molar-refractivity contribution >= 4 is 11.6 Å². The van der Waals surface area contributed by atoms with E-state index in [1.54, 1.807) is 25.3 Å². The normalized spacial score (nSPS) is 22.2. The van der Waals surface area contributed by atoms with E-state index in [0.717, 1.165) is 19.0 Å². The lowest BCUT2D eigenvalue weighted by Gasteiger charge is -2.16. The fraction of sp³-hybridized carbons (Fsp3) is 0.562. The maximum Gasteiger partial charge on any atom is 0.257 e. The first-order chi connectivity index (χ1) is 10.2. The molecule has 0 radical (unpaired) electrons.